The number of halogens is 1. The number of methoxy groups -OCH3 is 1. The number of rotatable bonds is 4. The fourth-order valence-electron chi connectivity index (χ4n) is 3.51. The van der Waals surface area contributed by atoms with Gasteiger partial charge < -0.3 is 14.8 Å². The normalized spacial score (nSPS) is 15.8. The molecule has 1 aliphatic rings. The molecular formula is C21H23FN6O4S. The van der Waals surface area contributed by atoms with Crippen LogP contribution >= 0.6 is 0 Å². The van der Waals surface area contributed by atoms with E-state index in [9.17, 15) is 13.4 Å². The van der Waals surface area contributed by atoms with Gasteiger partial charge in [-0.3, -0.25) is 0 Å². The van der Waals surface area contributed by atoms with Crippen molar-refractivity contribution in [1.82, 2.24) is 14.8 Å². The van der Waals surface area contributed by atoms with Gasteiger partial charge in [-0.15, -0.1) is 4.36 Å². The number of hydrogen-bond donors (Lipinski definition) is 2. The highest BCUT2D eigenvalue weighted by Gasteiger charge is 2.35. The zero-order valence-corrected chi connectivity index (χ0v) is 19.3. The summed E-state index contributed by atoms with van der Waals surface area (Å²) in [5.41, 5.74) is 0.892. The van der Waals surface area contributed by atoms with Crippen LogP contribution in [0.3, 0.4) is 0 Å². The summed E-state index contributed by atoms with van der Waals surface area (Å²) in [5.74, 6) is 0.0172. The van der Waals surface area contributed by atoms with Crippen LogP contribution in [0, 0.1) is 12.7 Å². The van der Waals surface area contributed by atoms with E-state index >= 15 is 0 Å². The summed E-state index contributed by atoms with van der Waals surface area (Å²) in [4.78, 5) is 16.8. The molecule has 1 atom stereocenters. The van der Waals surface area contributed by atoms with Crippen LogP contribution in [0.5, 0.6) is 11.8 Å². The van der Waals surface area contributed by atoms with Crippen molar-refractivity contribution >= 4 is 21.6 Å². The van der Waals surface area contributed by atoms with Gasteiger partial charge >= 0.3 is 6.03 Å². The smallest absolute Gasteiger partial charge is 0.354 e. The van der Waals surface area contributed by atoms with Crippen molar-refractivity contribution in [2.75, 3.05) is 12.4 Å². The molecule has 4 rings (SSSR count). The van der Waals surface area contributed by atoms with E-state index in [1.165, 1.54) is 43.2 Å². The van der Waals surface area contributed by atoms with Gasteiger partial charge in [0.25, 0.3) is 0 Å². The average Bonchev–Trinajstić information content (AvgIpc) is 3.26. The number of urea groups is 1. The molecule has 0 bridgehead atoms. The first-order valence-corrected chi connectivity index (χ1v) is 11.5. The molecule has 0 saturated heterocycles. The van der Waals surface area contributed by atoms with Gasteiger partial charge in [-0.2, -0.15) is 5.10 Å². The van der Waals surface area contributed by atoms with Crippen LogP contribution in [-0.4, -0.2) is 37.7 Å². The lowest BCUT2D eigenvalue weighted by Crippen LogP contribution is -2.27. The molecule has 2 aromatic heterocycles. The lowest BCUT2D eigenvalue weighted by molar-refractivity contribution is 0.132. The summed E-state index contributed by atoms with van der Waals surface area (Å²) in [7, 11) is -2.22. The molecule has 3 heterocycles. The number of pyridine rings is 1. The number of anilines is 1. The lowest BCUT2D eigenvalue weighted by Gasteiger charge is -2.16. The van der Waals surface area contributed by atoms with E-state index in [0.29, 0.717) is 23.6 Å². The van der Waals surface area contributed by atoms with Crippen LogP contribution in [0.25, 0.3) is 11.1 Å². The molecule has 3 aromatic rings. The number of benzene rings is 1. The fourth-order valence-corrected chi connectivity index (χ4v) is 4.49. The van der Waals surface area contributed by atoms with Gasteiger partial charge in [-0.25, -0.2) is 28.2 Å². The number of nitrogens with two attached hydrogens (primary N) is 1. The summed E-state index contributed by atoms with van der Waals surface area (Å²) in [6.07, 6.45) is 2.80. The van der Waals surface area contributed by atoms with Crippen LogP contribution in [-0.2, 0) is 16.5 Å². The number of carbonyl (C=O) groups excluding carboxylic acids is 1. The highest BCUT2D eigenvalue weighted by Crippen LogP contribution is 2.35. The largest absolute Gasteiger partial charge is 0.481 e. The second kappa shape index (κ2) is 8.12. The van der Waals surface area contributed by atoms with Gasteiger partial charge in [0.05, 0.1) is 25.5 Å². The Morgan fingerprint density at radius 2 is 2.15 bits per heavy atom. The van der Waals surface area contributed by atoms with Crippen molar-refractivity contribution in [2.45, 2.75) is 37.8 Å². The van der Waals surface area contributed by atoms with E-state index in [-0.39, 0.29) is 22.0 Å². The SMILES string of the molecule is COc1cc(-c2ccc(F)c(C)c2NC(=O)N=[S@@](N)(=O)c2cnn3c2OC(C)(C)C3)ccn1. The zero-order valence-electron chi connectivity index (χ0n) is 18.5. The molecule has 3 N–H and O–H groups in total. The van der Waals surface area contributed by atoms with Crippen molar-refractivity contribution in [1.29, 1.82) is 0 Å². The van der Waals surface area contributed by atoms with E-state index in [4.69, 9.17) is 14.6 Å². The monoisotopic (exact) mass is 474 g/mol. The third kappa shape index (κ3) is 4.39. The molecule has 1 aliphatic heterocycles. The van der Waals surface area contributed by atoms with Gasteiger partial charge in [0, 0.05) is 23.4 Å². The second-order valence-corrected chi connectivity index (χ2v) is 9.86. The van der Waals surface area contributed by atoms with Crippen LogP contribution < -0.4 is 19.9 Å². The minimum absolute atomic E-state index is 0.0123. The van der Waals surface area contributed by atoms with Gasteiger partial charge in [-0.1, -0.05) is 0 Å². The number of carbonyl (C=O) groups is 1. The zero-order chi connectivity index (χ0) is 24.0. The Morgan fingerprint density at radius 1 is 1.39 bits per heavy atom. The maximum absolute atomic E-state index is 14.3. The first kappa shape index (κ1) is 22.7. The van der Waals surface area contributed by atoms with Crippen LogP contribution in [0.1, 0.15) is 19.4 Å². The van der Waals surface area contributed by atoms with Crippen LogP contribution in [0.2, 0.25) is 0 Å². The van der Waals surface area contributed by atoms with Crippen molar-refractivity contribution in [2.24, 2.45) is 9.50 Å². The number of ether oxygens (including phenoxy) is 2. The van der Waals surface area contributed by atoms with Gasteiger partial charge in [0.15, 0.2) is 9.92 Å². The Kier molecular flexibility index (Phi) is 5.58. The molecule has 2 amide bonds. The molecule has 174 valence electrons. The molecule has 0 radical (unpaired) electrons. The minimum atomic E-state index is -3.69. The summed E-state index contributed by atoms with van der Waals surface area (Å²) in [5, 5.41) is 12.6. The predicted molar refractivity (Wildman–Crippen MR) is 120 cm³/mol. The molecule has 33 heavy (non-hydrogen) atoms. The van der Waals surface area contributed by atoms with Gasteiger partial charge in [0.2, 0.25) is 11.8 Å². The second-order valence-electron chi connectivity index (χ2n) is 8.11. The van der Waals surface area contributed by atoms with E-state index in [1.54, 1.807) is 12.1 Å². The lowest BCUT2D eigenvalue weighted by atomic mass is 10.0. The van der Waals surface area contributed by atoms with Crippen molar-refractivity contribution in [3.05, 3.63) is 48.0 Å². The Morgan fingerprint density at radius 3 is 2.88 bits per heavy atom. The third-order valence-electron chi connectivity index (χ3n) is 5.08. The Labute approximate surface area is 190 Å². The number of amides is 2. The molecule has 0 spiro atoms. The first-order valence-electron chi connectivity index (χ1n) is 9.91. The average molecular weight is 475 g/mol. The van der Waals surface area contributed by atoms with Crippen LogP contribution in [0.4, 0.5) is 14.9 Å². The van der Waals surface area contributed by atoms with Crippen LogP contribution in [0.15, 0.2) is 45.9 Å². The minimum Gasteiger partial charge on any atom is -0.481 e. The van der Waals surface area contributed by atoms with Crippen molar-refractivity contribution in [3.8, 4) is 22.9 Å². The first-order chi connectivity index (χ1) is 15.5. The summed E-state index contributed by atoms with van der Waals surface area (Å²) >= 11 is 0. The number of hydrogen-bond acceptors (Lipinski definition) is 6. The Bertz CT molecular complexity index is 1380. The van der Waals surface area contributed by atoms with Gasteiger partial charge in [0.1, 0.15) is 16.3 Å². The molecule has 0 unspecified atom stereocenters. The topological polar surface area (TPSA) is 134 Å². The summed E-state index contributed by atoms with van der Waals surface area (Å²) < 4.78 is 43.6. The van der Waals surface area contributed by atoms with E-state index < -0.39 is 27.4 Å². The van der Waals surface area contributed by atoms with E-state index in [0.717, 1.165) is 0 Å². The number of aromatic nitrogens is 3. The fraction of sp³-hybridized carbons (Fsp3) is 0.286. The maximum Gasteiger partial charge on any atom is 0.354 e. The van der Waals surface area contributed by atoms with E-state index in [2.05, 4.69) is 19.8 Å². The Balaban J connectivity index is 1.70. The maximum atomic E-state index is 14.3. The summed E-state index contributed by atoms with van der Waals surface area (Å²) in [6.45, 7) is 5.63. The number of nitrogens with zero attached hydrogens (tertiary/aromatic N) is 4. The number of fused-ring (bicyclic) bond motifs is 1. The van der Waals surface area contributed by atoms with Gasteiger partial charge in [-0.05, 0) is 44.5 Å². The predicted octanol–water partition coefficient (Wildman–Crippen LogP) is 3.50. The molecule has 0 saturated carbocycles. The molecule has 10 nitrogen and oxygen atoms in total. The molecule has 1 aromatic carbocycles. The molecule has 0 aliphatic carbocycles. The summed E-state index contributed by atoms with van der Waals surface area (Å²) in [6, 6.07) is 5.11. The quantitative estimate of drug-likeness (QED) is 0.594. The van der Waals surface area contributed by atoms with Crippen molar-refractivity contribution < 1.29 is 22.9 Å². The molecular weight excluding hydrogens is 451 g/mol. The highest BCUT2D eigenvalue weighted by molar-refractivity contribution is 7.91. The Hall–Kier alpha value is -3.51. The standard InChI is InChI=1S/C21H23FN6O4S/c1-12-15(22)6-5-14(13-7-8-24-17(9-13)31-4)18(12)26-20(29)27-33(23,30)16-10-25-28-11-21(2,3)32-19(16)28/h5-10H,11H2,1-4H3,(H3,23,26,27,29,30)/t33-/m1/s1. The van der Waals surface area contributed by atoms with Crippen molar-refractivity contribution in [3.63, 3.8) is 0 Å². The molecule has 12 heteroatoms. The molecule has 0 fully saturated rings. The highest BCUT2D eigenvalue weighted by atomic mass is 32.2. The van der Waals surface area contributed by atoms with E-state index in [1.807, 2.05) is 13.8 Å². The number of nitrogens with one attached hydrogen (secondary N) is 1. The third-order valence-corrected chi connectivity index (χ3v) is 6.43.